The number of likely N-dealkylation sites (tertiary alicyclic amines) is 1. The van der Waals surface area contributed by atoms with Crippen LogP contribution in [0, 0.1) is 11.8 Å². The van der Waals surface area contributed by atoms with Gasteiger partial charge >= 0.3 is 0 Å². The number of benzene rings is 1. The number of nitrogens with zero attached hydrogens (tertiary/aromatic N) is 1. The molecule has 0 aromatic heterocycles. The molecule has 7 nitrogen and oxygen atoms in total. The second-order valence-electron chi connectivity index (χ2n) is 7.45. The molecule has 0 radical (unpaired) electrons. The molecule has 25 heavy (non-hydrogen) atoms. The number of hydrogen-bond acceptors (Lipinski definition) is 4. The van der Waals surface area contributed by atoms with E-state index < -0.39 is 17.5 Å². The highest BCUT2D eigenvalue weighted by Gasteiger charge is 2.51. The van der Waals surface area contributed by atoms with E-state index in [-0.39, 0.29) is 36.7 Å². The van der Waals surface area contributed by atoms with E-state index in [1.165, 1.54) is 0 Å². The fourth-order valence-corrected chi connectivity index (χ4v) is 3.49. The van der Waals surface area contributed by atoms with E-state index >= 15 is 0 Å². The molecule has 0 saturated carbocycles. The Hall–Kier alpha value is -2.41. The van der Waals surface area contributed by atoms with Crippen LogP contribution in [0.25, 0.3) is 0 Å². The third kappa shape index (κ3) is 3.00. The normalized spacial score (nSPS) is 26.9. The van der Waals surface area contributed by atoms with Gasteiger partial charge in [-0.05, 0) is 25.0 Å². The molecule has 0 aliphatic carbocycles. The summed E-state index contributed by atoms with van der Waals surface area (Å²) in [4.78, 5) is 39.6. The predicted molar refractivity (Wildman–Crippen MR) is 93.8 cm³/mol. The van der Waals surface area contributed by atoms with Gasteiger partial charge < -0.3 is 21.3 Å². The Labute approximate surface area is 146 Å². The smallest absolute Gasteiger partial charge is 0.253 e. The van der Waals surface area contributed by atoms with Crippen molar-refractivity contribution in [2.75, 3.05) is 18.4 Å². The molecule has 1 fully saturated rings. The molecule has 2 heterocycles. The summed E-state index contributed by atoms with van der Waals surface area (Å²) >= 11 is 0. The fraction of sp³-hybridized carbons (Fsp3) is 0.500. The van der Waals surface area contributed by atoms with Crippen molar-refractivity contribution in [1.29, 1.82) is 0 Å². The van der Waals surface area contributed by atoms with E-state index in [9.17, 15) is 14.4 Å². The van der Waals surface area contributed by atoms with Crippen LogP contribution in [0.15, 0.2) is 24.3 Å². The molecule has 1 saturated heterocycles. The van der Waals surface area contributed by atoms with Gasteiger partial charge in [0, 0.05) is 13.1 Å². The Morgan fingerprint density at radius 3 is 2.68 bits per heavy atom. The minimum absolute atomic E-state index is 0.00108. The molecule has 3 atom stereocenters. The number of nitrogens with two attached hydrogens (primary N) is 1. The Morgan fingerprint density at radius 1 is 1.32 bits per heavy atom. The average Bonchev–Trinajstić information content (AvgIpc) is 2.89. The third-order valence-electron chi connectivity index (χ3n) is 5.15. The van der Waals surface area contributed by atoms with Gasteiger partial charge in [0.15, 0.2) is 0 Å². The van der Waals surface area contributed by atoms with Crippen molar-refractivity contribution in [2.24, 2.45) is 17.6 Å². The highest BCUT2D eigenvalue weighted by atomic mass is 16.2. The van der Waals surface area contributed by atoms with Crippen LogP contribution in [0.2, 0.25) is 0 Å². The van der Waals surface area contributed by atoms with Crippen LogP contribution >= 0.6 is 0 Å². The molecule has 0 bridgehead atoms. The van der Waals surface area contributed by atoms with Crippen molar-refractivity contribution in [2.45, 2.75) is 32.4 Å². The molecule has 4 N–H and O–H groups in total. The van der Waals surface area contributed by atoms with Gasteiger partial charge in [-0.3, -0.25) is 14.4 Å². The molecule has 1 aromatic rings. The zero-order valence-electron chi connectivity index (χ0n) is 14.7. The van der Waals surface area contributed by atoms with Crippen molar-refractivity contribution in [3.05, 3.63) is 29.8 Å². The highest BCUT2D eigenvalue weighted by molar-refractivity contribution is 6.07. The second kappa shape index (κ2) is 6.15. The number of hydrogen-bond donors (Lipinski definition) is 3. The van der Waals surface area contributed by atoms with Crippen LogP contribution in [-0.4, -0.2) is 47.3 Å². The van der Waals surface area contributed by atoms with Gasteiger partial charge in [0.1, 0.15) is 0 Å². The minimum atomic E-state index is -0.832. The van der Waals surface area contributed by atoms with Crippen molar-refractivity contribution in [3.63, 3.8) is 0 Å². The van der Waals surface area contributed by atoms with Gasteiger partial charge in [-0.1, -0.05) is 26.0 Å². The van der Waals surface area contributed by atoms with Crippen molar-refractivity contribution in [3.8, 4) is 0 Å². The number of rotatable bonds is 2. The van der Waals surface area contributed by atoms with E-state index in [4.69, 9.17) is 5.73 Å². The van der Waals surface area contributed by atoms with Gasteiger partial charge in [0.05, 0.1) is 28.7 Å². The van der Waals surface area contributed by atoms with Crippen molar-refractivity contribution in [1.82, 2.24) is 10.2 Å². The van der Waals surface area contributed by atoms with Crippen LogP contribution in [0.1, 0.15) is 31.1 Å². The molecule has 3 rings (SSSR count). The lowest BCUT2D eigenvalue weighted by Gasteiger charge is -2.33. The van der Waals surface area contributed by atoms with E-state index in [0.717, 1.165) is 0 Å². The average molecular weight is 344 g/mol. The first-order chi connectivity index (χ1) is 11.7. The van der Waals surface area contributed by atoms with Gasteiger partial charge in [0.2, 0.25) is 11.8 Å². The number of anilines is 1. The minimum Gasteiger partial charge on any atom is -0.344 e. The van der Waals surface area contributed by atoms with Gasteiger partial charge in [-0.2, -0.15) is 0 Å². The van der Waals surface area contributed by atoms with Crippen molar-refractivity contribution >= 4 is 23.4 Å². The van der Waals surface area contributed by atoms with Crippen LogP contribution in [0.5, 0.6) is 0 Å². The molecule has 134 valence electrons. The first-order valence-electron chi connectivity index (χ1n) is 8.49. The quantitative estimate of drug-likeness (QED) is 0.729. The number of carbonyl (C=O) groups excluding carboxylic acids is 3. The fourth-order valence-electron chi connectivity index (χ4n) is 3.49. The zero-order valence-corrected chi connectivity index (χ0v) is 14.7. The molecule has 1 aromatic carbocycles. The Balaban J connectivity index is 1.91. The van der Waals surface area contributed by atoms with E-state index in [1.807, 2.05) is 13.8 Å². The zero-order chi connectivity index (χ0) is 18.4. The largest absolute Gasteiger partial charge is 0.344 e. The van der Waals surface area contributed by atoms with E-state index in [0.29, 0.717) is 11.3 Å². The summed E-state index contributed by atoms with van der Waals surface area (Å²) in [5.74, 6) is -1.19. The SMILES string of the molecule is CC(C)[C@H](N)C(=O)N1C[C@H]2C(=O)Nc3ccccc3C(=O)N[C@@]2(C)C1. The van der Waals surface area contributed by atoms with Crippen molar-refractivity contribution < 1.29 is 14.4 Å². The summed E-state index contributed by atoms with van der Waals surface area (Å²) in [6, 6.07) is 6.25. The Morgan fingerprint density at radius 2 is 2.00 bits per heavy atom. The number of para-hydroxylation sites is 1. The summed E-state index contributed by atoms with van der Waals surface area (Å²) in [7, 11) is 0. The van der Waals surface area contributed by atoms with Crippen LogP contribution < -0.4 is 16.4 Å². The van der Waals surface area contributed by atoms with Gasteiger partial charge in [-0.15, -0.1) is 0 Å². The lowest BCUT2D eigenvalue weighted by atomic mass is 9.86. The van der Waals surface area contributed by atoms with E-state index in [2.05, 4.69) is 10.6 Å². The summed E-state index contributed by atoms with van der Waals surface area (Å²) in [5, 5.41) is 5.79. The Bertz CT molecular complexity index is 733. The second-order valence-corrected chi connectivity index (χ2v) is 7.45. The van der Waals surface area contributed by atoms with Crippen LogP contribution in [0.4, 0.5) is 5.69 Å². The first kappa shape index (κ1) is 17.4. The maximum Gasteiger partial charge on any atom is 0.253 e. The molecule has 2 aliphatic rings. The Kier molecular flexibility index (Phi) is 4.28. The topological polar surface area (TPSA) is 105 Å². The van der Waals surface area contributed by atoms with Gasteiger partial charge in [-0.25, -0.2) is 0 Å². The standard InChI is InChI=1S/C18H24N4O3/c1-10(2)14(19)17(25)22-8-12-16(24)20-13-7-5-4-6-11(13)15(23)21-18(12,3)9-22/h4-7,10,12,14H,8-9,19H2,1-3H3,(H,20,24)(H,21,23)/t12-,14-,18-/m0/s1. The maximum atomic E-state index is 12.8. The number of nitrogens with one attached hydrogen (secondary N) is 2. The number of carbonyl (C=O) groups is 3. The predicted octanol–water partition coefficient (Wildman–Crippen LogP) is 0.569. The summed E-state index contributed by atoms with van der Waals surface area (Å²) in [6.07, 6.45) is 0. The highest BCUT2D eigenvalue weighted by Crippen LogP contribution is 2.32. The molecule has 3 amide bonds. The maximum absolute atomic E-state index is 12.8. The van der Waals surface area contributed by atoms with Crippen LogP contribution in [-0.2, 0) is 9.59 Å². The summed E-state index contributed by atoms with van der Waals surface area (Å²) in [5.41, 5.74) is 6.05. The molecule has 0 unspecified atom stereocenters. The molecular formula is C18H24N4O3. The summed E-state index contributed by atoms with van der Waals surface area (Å²) < 4.78 is 0. The van der Waals surface area contributed by atoms with Crippen LogP contribution in [0.3, 0.4) is 0 Å². The van der Waals surface area contributed by atoms with Gasteiger partial charge in [0.25, 0.3) is 5.91 Å². The molecule has 0 spiro atoms. The van der Waals surface area contributed by atoms with E-state index in [1.54, 1.807) is 36.1 Å². The number of amides is 3. The first-order valence-corrected chi connectivity index (χ1v) is 8.49. The lowest BCUT2D eigenvalue weighted by molar-refractivity contribution is -0.132. The third-order valence-corrected chi connectivity index (χ3v) is 5.15. The molecule has 7 heteroatoms. The lowest BCUT2D eigenvalue weighted by Crippen LogP contribution is -2.56. The molecular weight excluding hydrogens is 320 g/mol. The molecule has 2 aliphatic heterocycles. The summed E-state index contributed by atoms with van der Waals surface area (Å²) in [6.45, 7) is 6.07. The number of fused-ring (bicyclic) bond motifs is 2. The monoisotopic (exact) mass is 344 g/mol.